The lowest BCUT2D eigenvalue weighted by Gasteiger charge is -2.04. The molecule has 3 nitrogen and oxygen atoms in total. The van der Waals surface area contributed by atoms with Crippen molar-refractivity contribution >= 4 is 11.6 Å². The largest absolute Gasteiger partial charge is 0.396 e. The second-order valence-electron chi connectivity index (χ2n) is 3.26. The SMILES string of the molecule is OCCc1ccc(Cl)c(-c2ccn[nH]2)c1. The lowest BCUT2D eigenvalue weighted by atomic mass is 10.1. The highest BCUT2D eigenvalue weighted by Gasteiger charge is 2.05. The number of H-pyrrole nitrogens is 1. The van der Waals surface area contributed by atoms with Crippen LogP contribution < -0.4 is 0 Å². The first kappa shape index (κ1) is 10.2. The molecule has 2 aromatic rings. The van der Waals surface area contributed by atoms with E-state index in [1.54, 1.807) is 6.20 Å². The molecule has 0 amide bonds. The minimum absolute atomic E-state index is 0.143. The maximum atomic E-state index is 8.86. The molecule has 0 unspecified atom stereocenters. The van der Waals surface area contributed by atoms with Gasteiger partial charge in [0.1, 0.15) is 0 Å². The standard InChI is InChI=1S/C11H11ClN2O/c12-10-2-1-8(4-6-15)7-9(10)11-3-5-13-14-11/h1-3,5,7,15H,4,6H2,(H,13,14). The van der Waals surface area contributed by atoms with Gasteiger partial charge in [-0.25, -0.2) is 0 Å². The molecule has 15 heavy (non-hydrogen) atoms. The lowest BCUT2D eigenvalue weighted by molar-refractivity contribution is 0.299. The van der Waals surface area contributed by atoms with Gasteiger partial charge in [0.25, 0.3) is 0 Å². The lowest BCUT2D eigenvalue weighted by Crippen LogP contribution is -1.91. The van der Waals surface area contributed by atoms with Gasteiger partial charge in [0.05, 0.1) is 5.69 Å². The summed E-state index contributed by atoms with van der Waals surface area (Å²) in [6.07, 6.45) is 2.32. The highest BCUT2D eigenvalue weighted by molar-refractivity contribution is 6.33. The summed E-state index contributed by atoms with van der Waals surface area (Å²) in [5.41, 5.74) is 2.87. The van der Waals surface area contributed by atoms with Gasteiger partial charge in [0.2, 0.25) is 0 Å². The number of aliphatic hydroxyl groups is 1. The molecule has 1 aromatic carbocycles. The van der Waals surface area contributed by atoms with E-state index in [4.69, 9.17) is 16.7 Å². The predicted molar refractivity (Wildman–Crippen MR) is 59.8 cm³/mol. The van der Waals surface area contributed by atoms with Crippen molar-refractivity contribution in [2.45, 2.75) is 6.42 Å². The van der Waals surface area contributed by atoms with Gasteiger partial charge in [-0.05, 0) is 30.2 Å². The summed E-state index contributed by atoms with van der Waals surface area (Å²) >= 11 is 6.08. The molecule has 1 aromatic heterocycles. The average molecular weight is 223 g/mol. The third kappa shape index (κ3) is 2.19. The Morgan fingerprint density at radius 1 is 1.33 bits per heavy atom. The molecule has 4 heteroatoms. The number of hydrogen-bond donors (Lipinski definition) is 2. The zero-order chi connectivity index (χ0) is 10.7. The molecule has 2 N–H and O–H groups in total. The van der Waals surface area contributed by atoms with Gasteiger partial charge in [0, 0.05) is 23.4 Å². The van der Waals surface area contributed by atoms with E-state index in [9.17, 15) is 0 Å². The van der Waals surface area contributed by atoms with Crippen molar-refractivity contribution < 1.29 is 5.11 Å². The Hall–Kier alpha value is -1.32. The van der Waals surface area contributed by atoms with Crippen LogP contribution in [0.25, 0.3) is 11.3 Å². The molecule has 78 valence electrons. The van der Waals surface area contributed by atoms with E-state index in [0.717, 1.165) is 16.8 Å². The highest BCUT2D eigenvalue weighted by atomic mass is 35.5. The fourth-order valence-corrected chi connectivity index (χ4v) is 1.69. The first-order valence-electron chi connectivity index (χ1n) is 4.70. The van der Waals surface area contributed by atoms with Gasteiger partial charge >= 0.3 is 0 Å². The summed E-state index contributed by atoms with van der Waals surface area (Å²) in [7, 11) is 0. The maximum Gasteiger partial charge on any atom is 0.0665 e. The van der Waals surface area contributed by atoms with Crippen molar-refractivity contribution in [1.82, 2.24) is 10.2 Å². The molecule has 0 radical (unpaired) electrons. The first-order chi connectivity index (χ1) is 7.31. The third-order valence-corrected chi connectivity index (χ3v) is 2.55. The van der Waals surface area contributed by atoms with Crippen molar-refractivity contribution in [3.8, 4) is 11.3 Å². The number of halogens is 1. The number of aromatic amines is 1. The summed E-state index contributed by atoms with van der Waals surface area (Å²) in [5.74, 6) is 0. The fraction of sp³-hybridized carbons (Fsp3) is 0.182. The summed E-state index contributed by atoms with van der Waals surface area (Å²) in [6.45, 7) is 0.143. The normalized spacial score (nSPS) is 10.5. The topological polar surface area (TPSA) is 48.9 Å². The smallest absolute Gasteiger partial charge is 0.0665 e. The monoisotopic (exact) mass is 222 g/mol. The summed E-state index contributed by atoms with van der Waals surface area (Å²) in [4.78, 5) is 0. The summed E-state index contributed by atoms with van der Waals surface area (Å²) in [5, 5.41) is 16.3. The van der Waals surface area contributed by atoms with Crippen LogP contribution in [-0.2, 0) is 6.42 Å². The minimum atomic E-state index is 0.143. The third-order valence-electron chi connectivity index (χ3n) is 2.22. The second kappa shape index (κ2) is 4.47. The van der Waals surface area contributed by atoms with Crippen LogP contribution in [0.2, 0.25) is 5.02 Å². The molecule has 0 fully saturated rings. The Morgan fingerprint density at radius 3 is 2.87 bits per heavy atom. The van der Waals surface area contributed by atoms with Gasteiger partial charge < -0.3 is 5.11 Å². The quantitative estimate of drug-likeness (QED) is 0.837. The van der Waals surface area contributed by atoms with E-state index in [1.165, 1.54) is 0 Å². The van der Waals surface area contributed by atoms with E-state index < -0.39 is 0 Å². The molecule has 0 atom stereocenters. The zero-order valence-corrected chi connectivity index (χ0v) is 8.83. The Kier molecular flexibility index (Phi) is 3.04. The van der Waals surface area contributed by atoms with Crippen LogP contribution in [0.4, 0.5) is 0 Å². The molecule has 1 heterocycles. The van der Waals surface area contributed by atoms with Crippen molar-refractivity contribution in [2.75, 3.05) is 6.61 Å². The predicted octanol–water partition coefficient (Wildman–Crippen LogP) is 2.26. The number of nitrogens with one attached hydrogen (secondary N) is 1. The Labute approximate surface area is 92.7 Å². The van der Waals surface area contributed by atoms with E-state index in [0.29, 0.717) is 11.4 Å². The van der Waals surface area contributed by atoms with Crippen molar-refractivity contribution in [3.63, 3.8) is 0 Å². The molecule has 0 aliphatic carbocycles. The van der Waals surface area contributed by atoms with Gasteiger partial charge in [0.15, 0.2) is 0 Å². The Bertz CT molecular complexity index is 440. The number of nitrogens with zero attached hydrogens (tertiary/aromatic N) is 1. The fourth-order valence-electron chi connectivity index (χ4n) is 1.47. The van der Waals surface area contributed by atoms with Crippen molar-refractivity contribution in [2.24, 2.45) is 0 Å². The highest BCUT2D eigenvalue weighted by Crippen LogP contribution is 2.27. The molecule has 2 rings (SSSR count). The van der Waals surface area contributed by atoms with Gasteiger partial charge in [-0.3, -0.25) is 5.10 Å². The van der Waals surface area contributed by atoms with Crippen LogP contribution in [0.5, 0.6) is 0 Å². The number of rotatable bonds is 3. The summed E-state index contributed by atoms with van der Waals surface area (Å²) in [6, 6.07) is 7.58. The van der Waals surface area contributed by atoms with Crippen LogP contribution in [0.1, 0.15) is 5.56 Å². The average Bonchev–Trinajstić information content (AvgIpc) is 2.74. The van der Waals surface area contributed by atoms with Crippen LogP contribution in [0, 0.1) is 0 Å². The molecule has 0 spiro atoms. The van der Waals surface area contributed by atoms with E-state index in [1.807, 2.05) is 24.3 Å². The van der Waals surface area contributed by atoms with Crippen LogP contribution in [0.3, 0.4) is 0 Å². The van der Waals surface area contributed by atoms with Gasteiger partial charge in [-0.1, -0.05) is 17.7 Å². The summed E-state index contributed by atoms with van der Waals surface area (Å²) < 4.78 is 0. The van der Waals surface area contributed by atoms with Crippen LogP contribution >= 0.6 is 11.6 Å². The first-order valence-corrected chi connectivity index (χ1v) is 5.08. The molecule has 0 bridgehead atoms. The van der Waals surface area contributed by atoms with Gasteiger partial charge in [-0.2, -0.15) is 5.10 Å². The van der Waals surface area contributed by atoms with Crippen LogP contribution in [-0.4, -0.2) is 21.9 Å². The second-order valence-corrected chi connectivity index (χ2v) is 3.67. The Balaban J connectivity index is 2.41. The molecule has 0 saturated carbocycles. The van der Waals surface area contributed by atoms with Crippen molar-refractivity contribution in [1.29, 1.82) is 0 Å². The Morgan fingerprint density at radius 2 is 2.20 bits per heavy atom. The van der Waals surface area contributed by atoms with Crippen LogP contribution in [0.15, 0.2) is 30.5 Å². The maximum absolute atomic E-state index is 8.86. The number of benzene rings is 1. The number of aliphatic hydroxyl groups excluding tert-OH is 1. The number of hydrogen-bond acceptors (Lipinski definition) is 2. The molecule has 0 aliphatic heterocycles. The van der Waals surface area contributed by atoms with E-state index in [2.05, 4.69) is 10.2 Å². The molecule has 0 saturated heterocycles. The number of aromatic nitrogens is 2. The van der Waals surface area contributed by atoms with E-state index >= 15 is 0 Å². The van der Waals surface area contributed by atoms with E-state index in [-0.39, 0.29) is 6.61 Å². The molecule has 0 aliphatic rings. The van der Waals surface area contributed by atoms with Crippen molar-refractivity contribution in [3.05, 3.63) is 41.0 Å². The zero-order valence-electron chi connectivity index (χ0n) is 8.07. The van der Waals surface area contributed by atoms with Gasteiger partial charge in [-0.15, -0.1) is 0 Å². The molecular weight excluding hydrogens is 212 g/mol. The molecular formula is C11H11ClN2O. The minimum Gasteiger partial charge on any atom is -0.396 e.